The Bertz CT molecular complexity index is 1730. The Morgan fingerprint density at radius 1 is 0.689 bits per heavy atom. The van der Waals surface area contributed by atoms with Gasteiger partial charge in [-0.15, -0.1) is 0 Å². The molecule has 1 saturated heterocycles. The van der Waals surface area contributed by atoms with Crippen molar-refractivity contribution in [1.82, 2.24) is 0 Å². The number of carbonyl (C=O) groups excluding carboxylic acids is 3. The molecule has 0 spiro atoms. The van der Waals surface area contributed by atoms with E-state index in [0.717, 1.165) is 0 Å². The molecular formula is C27H22O18. The molecule has 2 heterocycles. The van der Waals surface area contributed by atoms with Crippen LogP contribution in [0.5, 0.6) is 51.7 Å². The second-order valence-electron chi connectivity index (χ2n) is 9.79. The number of hydrogen-bond donors (Lipinski definition) is 11. The lowest BCUT2D eigenvalue weighted by Crippen LogP contribution is -2.61. The Balaban J connectivity index is 1.58. The van der Waals surface area contributed by atoms with Crippen molar-refractivity contribution in [2.75, 3.05) is 6.61 Å². The van der Waals surface area contributed by atoms with Crippen molar-refractivity contribution in [3.05, 3.63) is 41.0 Å². The Labute approximate surface area is 248 Å². The van der Waals surface area contributed by atoms with Crippen molar-refractivity contribution >= 4 is 17.9 Å². The summed E-state index contributed by atoms with van der Waals surface area (Å²) in [6.45, 7) is -0.925. The number of ether oxygens (including phenoxy) is 4. The molecule has 0 radical (unpaired) electrons. The highest BCUT2D eigenvalue weighted by atomic mass is 16.7. The number of phenolic OH excluding ortho intramolecular Hbond substituents is 9. The molecule has 3 aromatic rings. The number of benzene rings is 3. The van der Waals surface area contributed by atoms with E-state index in [1.807, 2.05) is 0 Å². The number of aliphatic hydroxyl groups is 2. The van der Waals surface area contributed by atoms with Gasteiger partial charge in [-0.3, -0.25) is 0 Å². The Morgan fingerprint density at radius 3 is 1.71 bits per heavy atom. The summed E-state index contributed by atoms with van der Waals surface area (Å²) in [4.78, 5) is 39.3. The van der Waals surface area contributed by atoms with Crippen LogP contribution in [0.15, 0.2) is 24.3 Å². The Hall–Kier alpha value is -5.85. The third-order valence-corrected chi connectivity index (χ3v) is 7.00. The quantitative estimate of drug-likeness (QED) is 0.0979. The average Bonchev–Trinajstić information content (AvgIpc) is 3.00. The van der Waals surface area contributed by atoms with Gasteiger partial charge in [0.25, 0.3) is 0 Å². The van der Waals surface area contributed by atoms with E-state index < -0.39 is 135 Å². The van der Waals surface area contributed by atoms with Crippen molar-refractivity contribution < 1.29 is 89.5 Å². The van der Waals surface area contributed by atoms with Crippen molar-refractivity contribution in [3.8, 4) is 62.9 Å². The van der Waals surface area contributed by atoms with Crippen LogP contribution in [-0.4, -0.2) is 111 Å². The molecule has 0 amide bonds. The van der Waals surface area contributed by atoms with Gasteiger partial charge in [-0.2, -0.15) is 0 Å². The number of esters is 3. The first-order chi connectivity index (χ1) is 21.1. The molecule has 5 atom stereocenters. The van der Waals surface area contributed by atoms with Gasteiger partial charge in [0.15, 0.2) is 58.7 Å². The second kappa shape index (κ2) is 11.0. The van der Waals surface area contributed by atoms with Gasteiger partial charge in [0.2, 0.25) is 11.5 Å². The van der Waals surface area contributed by atoms with Crippen LogP contribution in [0.25, 0.3) is 11.1 Å². The third kappa shape index (κ3) is 5.07. The largest absolute Gasteiger partial charge is 0.504 e. The van der Waals surface area contributed by atoms with Gasteiger partial charge in [0, 0.05) is 11.1 Å². The van der Waals surface area contributed by atoms with Crippen LogP contribution in [0.2, 0.25) is 0 Å². The standard InChI is InChI=1S/C27H22O18/c28-9-1-6(2-10(29)16(9)32)24(38)45-23-21(37)22-13(43-27(23)41)5-42-25(39)7-3-11(30)17(33)19(35)14(7)15-8(26(40)44-22)4-12(31)18(34)20(15)36/h1-4,13,21-23,27-37,41H,5H2/t13-,21+,22-,23-,27-/m1/s1. The molecule has 45 heavy (non-hydrogen) atoms. The van der Waals surface area contributed by atoms with Crippen LogP contribution < -0.4 is 0 Å². The van der Waals surface area contributed by atoms with E-state index in [4.69, 9.17) is 18.9 Å². The SMILES string of the molecule is O=C(O[C@@H]1[C@@H](O)[C@@H]2OC(=O)c3cc(O)c(O)c(O)c3-c3c(cc(O)c(O)c3O)C(=O)OC[C@H]2O[C@H]1O)c1cc(O)c(O)c(O)c1. The highest BCUT2D eigenvalue weighted by Gasteiger charge is 2.50. The zero-order valence-electron chi connectivity index (χ0n) is 22.2. The number of hydrogen-bond acceptors (Lipinski definition) is 18. The van der Waals surface area contributed by atoms with Crippen LogP contribution in [-0.2, 0) is 18.9 Å². The molecule has 5 rings (SSSR count). The number of fused-ring (bicyclic) bond motifs is 4. The van der Waals surface area contributed by atoms with Crippen LogP contribution in [0, 0.1) is 0 Å². The molecule has 0 bridgehead atoms. The van der Waals surface area contributed by atoms with Crippen molar-refractivity contribution in [2.45, 2.75) is 30.7 Å². The van der Waals surface area contributed by atoms with E-state index in [-0.39, 0.29) is 0 Å². The Morgan fingerprint density at radius 2 is 1.18 bits per heavy atom. The summed E-state index contributed by atoms with van der Waals surface area (Å²) in [5.74, 6) is -14.4. The lowest BCUT2D eigenvalue weighted by molar-refractivity contribution is -0.284. The topological polar surface area (TPSA) is 311 Å². The van der Waals surface area contributed by atoms with Crippen LogP contribution >= 0.6 is 0 Å². The number of aromatic hydroxyl groups is 9. The maximum Gasteiger partial charge on any atom is 0.339 e. The predicted octanol–water partition coefficient (Wildman–Crippen LogP) is -0.297. The maximum absolute atomic E-state index is 13.5. The summed E-state index contributed by atoms with van der Waals surface area (Å²) in [6.07, 6.45) is -10.1. The van der Waals surface area contributed by atoms with Gasteiger partial charge in [0.05, 0.1) is 16.7 Å². The molecule has 18 nitrogen and oxygen atoms in total. The summed E-state index contributed by atoms with van der Waals surface area (Å²) in [6, 6.07) is 2.48. The van der Waals surface area contributed by atoms with Gasteiger partial charge in [-0.05, 0) is 24.3 Å². The zero-order chi connectivity index (χ0) is 33.1. The number of aliphatic hydroxyl groups excluding tert-OH is 2. The van der Waals surface area contributed by atoms with E-state index in [1.54, 1.807) is 0 Å². The van der Waals surface area contributed by atoms with Gasteiger partial charge in [0.1, 0.15) is 18.8 Å². The van der Waals surface area contributed by atoms with Crippen molar-refractivity contribution in [2.24, 2.45) is 0 Å². The molecule has 18 heteroatoms. The molecule has 2 aliphatic heterocycles. The number of carbonyl (C=O) groups is 3. The first kappa shape index (κ1) is 30.6. The monoisotopic (exact) mass is 634 g/mol. The molecule has 3 aromatic carbocycles. The van der Waals surface area contributed by atoms with E-state index in [2.05, 4.69) is 0 Å². The molecule has 11 N–H and O–H groups in total. The smallest absolute Gasteiger partial charge is 0.339 e. The summed E-state index contributed by atoms with van der Waals surface area (Å²) in [5, 5.41) is 112. The minimum absolute atomic E-state index is 0.532. The Kier molecular flexibility index (Phi) is 7.49. The number of cyclic esters (lactones) is 1. The third-order valence-electron chi connectivity index (χ3n) is 7.00. The van der Waals surface area contributed by atoms with Gasteiger partial charge >= 0.3 is 17.9 Å². The van der Waals surface area contributed by atoms with Gasteiger partial charge in [-0.1, -0.05) is 0 Å². The van der Waals surface area contributed by atoms with Gasteiger partial charge in [-0.25, -0.2) is 14.4 Å². The molecule has 238 valence electrons. The lowest BCUT2D eigenvalue weighted by Gasteiger charge is -2.41. The first-order valence-corrected chi connectivity index (χ1v) is 12.5. The van der Waals surface area contributed by atoms with Crippen LogP contribution in [0.1, 0.15) is 31.1 Å². The zero-order valence-corrected chi connectivity index (χ0v) is 22.2. The summed E-state index contributed by atoms with van der Waals surface area (Å²) in [5.41, 5.74) is -4.02. The van der Waals surface area contributed by atoms with Crippen LogP contribution in [0.4, 0.5) is 0 Å². The van der Waals surface area contributed by atoms with E-state index in [9.17, 15) is 70.6 Å². The molecule has 0 aliphatic carbocycles. The summed E-state index contributed by atoms with van der Waals surface area (Å²) >= 11 is 0. The summed E-state index contributed by atoms with van der Waals surface area (Å²) < 4.78 is 20.8. The first-order valence-electron chi connectivity index (χ1n) is 12.5. The fraction of sp³-hybridized carbons (Fsp3) is 0.222. The normalized spacial score (nSPS) is 22.9. The highest BCUT2D eigenvalue weighted by Crippen LogP contribution is 2.53. The second-order valence-corrected chi connectivity index (χ2v) is 9.79. The van der Waals surface area contributed by atoms with E-state index in [0.29, 0.717) is 24.3 Å². The number of rotatable bonds is 2. The molecule has 0 aromatic heterocycles. The highest BCUT2D eigenvalue weighted by molar-refractivity contribution is 6.08. The van der Waals surface area contributed by atoms with Crippen LogP contribution in [0.3, 0.4) is 0 Å². The predicted molar refractivity (Wildman–Crippen MR) is 139 cm³/mol. The average molecular weight is 634 g/mol. The summed E-state index contributed by atoms with van der Waals surface area (Å²) in [7, 11) is 0. The maximum atomic E-state index is 13.5. The van der Waals surface area contributed by atoms with Crippen molar-refractivity contribution in [1.29, 1.82) is 0 Å². The molecule has 1 fully saturated rings. The van der Waals surface area contributed by atoms with Crippen molar-refractivity contribution in [3.63, 3.8) is 0 Å². The van der Waals surface area contributed by atoms with Gasteiger partial charge < -0.3 is 75.1 Å². The molecule has 2 aliphatic rings. The molecule has 0 unspecified atom stereocenters. The van der Waals surface area contributed by atoms with E-state index >= 15 is 0 Å². The van der Waals surface area contributed by atoms with E-state index in [1.165, 1.54) is 0 Å². The molecular weight excluding hydrogens is 612 g/mol. The molecule has 0 saturated carbocycles. The lowest BCUT2D eigenvalue weighted by atomic mass is 9.92. The minimum atomic E-state index is -2.19. The fourth-order valence-electron chi connectivity index (χ4n) is 4.77. The minimum Gasteiger partial charge on any atom is -0.504 e. The fourth-order valence-corrected chi connectivity index (χ4v) is 4.77. The number of phenols is 9.